The van der Waals surface area contributed by atoms with Gasteiger partial charge in [0.15, 0.2) is 0 Å². The van der Waals surface area contributed by atoms with E-state index in [4.69, 9.17) is 9.47 Å². The Balaban J connectivity index is 1.64. The van der Waals surface area contributed by atoms with Crippen molar-refractivity contribution in [2.45, 2.75) is 26.4 Å². The molecule has 0 saturated heterocycles. The number of H-pyrrole nitrogens is 1. The smallest absolute Gasteiger partial charge is 0.305 e. The van der Waals surface area contributed by atoms with Gasteiger partial charge in [0, 0.05) is 23.7 Å². The van der Waals surface area contributed by atoms with Crippen molar-refractivity contribution in [2.75, 3.05) is 7.11 Å². The molecular formula is C26H25NO3. The van der Waals surface area contributed by atoms with E-state index in [2.05, 4.69) is 66.5 Å². The maximum Gasteiger partial charge on any atom is 0.305 e. The molecule has 0 unspecified atom stereocenters. The highest BCUT2D eigenvalue weighted by Gasteiger charge is 2.11. The first-order chi connectivity index (χ1) is 14.6. The maximum absolute atomic E-state index is 11.6. The molecule has 4 rings (SSSR count). The highest BCUT2D eigenvalue weighted by Crippen LogP contribution is 2.34. The minimum Gasteiger partial charge on any atom is -0.488 e. The summed E-state index contributed by atoms with van der Waals surface area (Å²) in [7, 11) is 1.42. The Hall–Kier alpha value is -3.53. The average Bonchev–Trinajstić information content (AvgIpc) is 3.25. The molecule has 1 N–H and O–H groups in total. The fraction of sp³-hybridized carbons (Fsp3) is 0.192. The standard InChI is InChI=1S/C26H25NO3/c1-18-3-5-20(6-4-18)17-30-25-11-7-19(8-12-26(28)29-2)15-23(25)21-9-10-24-22(16-21)13-14-27-24/h3-7,9-11,13-16,27H,8,12,17H2,1-2H3. The van der Waals surface area contributed by atoms with Gasteiger partial charge in [-0.05, 0) is 65.8 Å². The van der Waals surface area contributed by atoms with Crippen LogP contribution in [0.3, 0.4) is 0 Å². The lowest BCUT2D eigenvalue weighted by Crippen LogP contribution is -2.02. The van der Waals surface area contributed by atoms with Crippen molar-refractivity contribution >= 4 is 16.9 Å². The van der Waals surface area contributed by atoms with E-state index in [1.807, 2.05) is 18.3 Å². The molecule has 0 fully saturated rings. The van der Waals surface area contributed by atoms with E-state index in [0.29, 0.717) is 19.4 Å². The second-order valence-corrected chi connectivity index (χ2v) is 7.46. The zero-order valence-electron chi connectivity index (χ0n) is 17.3. The molecule has 0 aliphatic heterocycles. The van der Waals surface area contributed by atoms with Gasteiger partial charge < -0.3 is 14.5 Å². The molecule has 1 aromatic heterocycles. The minimum atomic E-state index is -0.204. The van der Waals surface area contributed by atoms with E-state index in [1.54, 1.807) is 0 Å². The second-order valence-electron chi connectivity index (χ2n) is 7.46. The van der Waals surface area contributed by atoms with Crippen LogP contribution in [0.2, 0.25) is 0 Å². The lowest BCUT2D eigenvalue weighted by Gasteiger charge is -2.14. The Labute approximate surface area is 176 Å². The van der Waals surface area contributed by atoms with Crippen molar-refractivity contribution in [1.29, 1.82) is 0 Å². The van der Waals surface area contributed by atoms with Crippen LogP contribution in [0.5, 0.6) is 5.75 Å². The summed E-state index contributed by atoms with van der Waals surface area (Å²) in [6, 6.07) is 22.9. The lowest BCUT2D eigenvalue weighted by atomic mass is 9.98. The summed E-state index contributed by atoms with van der Waals surface area (Å²) in [5, 5.41) is 1.15. The molecule has 4 nitrogen and oxygen atoms in total. The number of fused-ring (bicyclic) bond motifs is 1. The van der Waals surface area contributed by atoms with Crippen molar-refractivity contribution in [2.24, 2.45) is 0 Å². The normalized spacial score (nSPS) is 10.9. The second kappa shape index (κ2) is 8.87. The summed E-state index contributed by atoms with van der Waals surface area (Å²) in [5.41, 5.74) is 6.64. The number of aryl methyl sites for hydroxylation is 2. The first-order valence-electron chi connectivity index (χ1n) is 10.1. The van der Waals surface area contributed by atoms with Gasteiger partial charge in [-0.15, -0.1) is 0 Å². The molecule has 152 valence electrons. The number of aromatic amines is 1. The van der Waals surface area contributed by atoms with E-state index >= 15 is 0 Å². The SMILES string of the molecule is COC(=O)CCc1ccc(OCc2ccc(C)cc2)c(-c2ccc3[nH]ccc3c2)c1. The first kappa shape index (κ1) is 19.8. The predicted molar refractivity (Wildman–Crippen MR) is 120 cm³/mol. The molecule has 0 bridgehead atoms. The van der Waals surface area contributed by atoms with Gasteiger partial charge in [-0.3, -0.25) is 4.79 Å². The molecule has 0 spiro atoms. The molecule has 1 heterocycles. The summed E-state index contributed by atoms with van der Waals surface area (Å²) in [4.78, 5) is 14.8. The van der Waals surface area contributed by atoms with Crippen LogP contribution in [0.4, 0.5) is 0 Å². The number of aromatic nitrogens is 1. The molecule has 0 radical (unpaired) electrons. The molecule has 4 heteroatoms. The largest absolute Gasteiger partial charge is 0.488 e. The quantitative estimate of drug-likeness (QED) is 0.398. The van der Waals surface area contributed by atoms with E-state index in [0.717, 1.165) is 38.9 Å². The molecule has 0 aliphatic rings. The predicted octanol–water partition coefficient (Wildman–Crippen LogP) is 5.83. The van der Waals surface area contributed by atoms with E-state index in [-0.39, 0.29) is 5.97 Å². The minimum absolute atomic E-state index is 0.204. The van der Waals surface area contributed by atoms with Crippen LogP contribution in [0.25, 0.3) is 22.0 Å². The number of carbonyl (C=O) groups excluding carboxylic acids is 1. The average molecular weight is 399 g/mol. The zero-order valence-corrected chi connectivity index (χ0v) is 17.3. The number of rotatable bonds is 7. The maximum atomic E-state index is 11.6. The Morgan fingerprint density at radius 1 is 0.933 bits per heavy atom. The number of nitrogens with one attached hydrogen (secondary N) is 1. The van der Waals surface area contributed by atoms with Crippen LogP contribution in [0.15, 0.2) is 72.9 Å². The summed E-state index contributed by atoms with van der Waals surface area (Å²) < 4.78 is 11.0. The van der Waals surface area contributed by atoms with Gasteiger partial charge in [-0.1, -0.05) is 42.0 Å². The molecule has 0 aliphatic carbocycles. The van der Waals surface area contributed by atoms with Crippen LogP contribution in [-0.2, 0) is 22.6 Å². The highest BCUT2D eigenvalue weighted by atomic mass is 16.5. The Bertz CT molecular complexity index is 1160. The fourth-order valence-electron chi connectivity index (χ4n) is 3.50. The van der Waals surface area contributed by atoms with Crippen molar-refractivity contribution in [3.8, 4) is 16.9 Å². The van der Waals surface area contributed by atoms with Gasteiger partial charge >= 0.3 is 5.97 Å². The molecule has 30 heavy (non-hydrogen) atoms. The Kier molecular flexibility index (Phi) is 5.84. The molecule has 4 aromatic rings. The molecule has 0 amide bonds. The number of hydrogen-bond acceptors (Lipinski definition) is 3. The van der Waals surface area contributed by atoms with Gasteiger partial charge in [0.1, 0.15) is 12.4 Å². The van der Waals surface area contributed by atoms with Gasteiger partial charge in [0.25, 0.3) is 0 Å². The number of ether oxygens (including phenoxy) is 2. The fourth-order valence-corrected chi connectivity index (χ4v) is 3.50. The zero-order chi connectivity index (χ0) is 20.9. The number of hydrogen-bond donors (Lipinski definition) is 1. The lowest BCUT2D eigenvalue weighted by molar-refractivity contribution is -0.140. The summed E-state index contributed by atoms with van der Waals surface area (Å²) in [5.74, 6) is 0.622. The van der Waals surface area contributed by atoms with Crippen molar-refractivity contribution < 1.29 is 14.3 Å². The van der Waals surface area contributed by atoms with Crippen molar-refractivity contribution in [3.05, 3.63) is 89.6 Å². The van der Waals surface area contributed by atoms with E-state index in [9.17, 15) is 4.79 Å². The Morgan fingerprint density at radius 2 is 1.73 bits per heavy atom. The third-order valence-corrected chi connectivity index (χ3v) is 5.27. The number of esters is 1. The van der Waals surface area contributed by atoms with Crippen LogP contribution in [0, 0.1) is 6.92 Å². The Morgan fingerprint density at radius 3 is 2.53 bits per heavy atom. The van der Waals surface area contributed by atoms with Crippen LogP contribution in [0.1, 0.15) is 23.1 Å². The van der Waals surface area contributed by atoms with Gasteiger partial charge in [-0.2, -0.15) is 0 Å². The van der Waals surface area contributed by atoms with Crippen molar-refractivity contribution in [3.63, 3.8) is 0 Å². The molecular weight excluding hydrogens is 374 g/mol. The van der Waals surface area contributed by atoms with E-state index < -0.39 is 0 Å². The third kappa shape index (κ3) is 4.54. The van der Waals surface area contributed by atoms with Crippen LogP contribution in [-0.4, -0.2) is 18.1 Å². The summed E-state index contributed by atoms with van der Waals surface area (Å²) in [6.07, 6.45) is 2.93. The highest BCUT2D eigenvalue weighted by molar-refractivity contribution is 5.86. The molecule has 0 saturated carbocycles. The first-order valence-corrected chi connectivity index (χ1v) is 10.1. The van der Waals surface area contributed by atoms with Crippen molar-refractivity contribution in [1.82, 2.24) is 4.98 Å². The number of methoxy groups -OCH3 is 1. The third-order valence-electron chi connectivity index (χ3n) is 5.27. The number of benzene rings is 3. The summed E-state index contributed by atoms with van der Waals surface area (Å²) >= 11 is 0. The van der Waals surface area contributed by atoms with E-state index in [1.165, 1.54) is 12.7 Å². The number of carbonyl (C=O) groups is 1. The molecule has 3 aromatic carbocycles. The van der Waals surface area contributed by atoms with Gasteiger partial charge in [-0.25, -0.2) is 0 Å². The summed E-state index contributed by atoms with van der Waals surface area (Å²) in [6.45, 7) is 2.58. The molecule has 0 atom stereocenters. The topological polar surface area (TPSA) is 51.3 Å². The van der Waals surface area contributed by atoms with Gasteiger partial charge in [0.05, 0.1) is 7.11 Å². The monoisotopic (exact) mass is 399 g/mol. The van der Waals surface area contributed by atoms with Crippen LogP contribution < -0.4 is 4.74 Å². The van der Waals surface area contributed by atoms with Gasteiger partial charge in [0.2, 0.25) is 0 Å². The van der Waals surface area contributed by atoms with Crippen LogP contribution >= 0.6 is 0 Å².